The highest BCUT2D eigenvalue weighted by Crippen LogP contribution is 2.22. The first-order valence-electron chi connectivity index (χ1n) is 9.30. The van der Waals surface area contributed by atoms with Gasteiger partial charge >= 0.3 is 0 Å². The standard InChI is InChI=1S/C20H30N2O2/c1-15-6-7-17(12-16(15)2)8-9-20(24)22-13-18(19(23)14-22)21-10-4-3-5-11-21/h6-7,12,18-19,23H,3-5,8-11,13-14H2,1-2H3/t18-,19-/m0/s1. The maximum Gasteiger partial charge on any atom is 0.223 e. The van der Waals surface area contributed by atoms with E-state index in [9.17, 15) is 9.90 Å². The van der Waals surface area contributed by atoms with Crippen molar-refractivity contribution < 1.29 is 9.90 Å². The molecule has 1 amide bonds. The lowest BCUT2D eigenvalue weighted by Crippen LogP contribution is -2.46. The van der Waals surface area contributed by atoms with Crippen molar-refractivity contribution in [3.05, 3.63) is 34.9 Å². The fourth-order valence-corrected chi connectivity index (χ4v) is 3.95. The largest absolute Gasteiger partial charge is 0.390 e. The van der Waals surface area contributed by atoms with Gasteiger partial charge in [0.1, 0.15) is 0 Å². The summed E-state index contributed by atoms with van der Waals surface area (Å²) in [4.78, 5) is 16.8. The van der Waals surface area contributed by atoms with Crippen LogP contribution in [0.1, 0.15) is 42.4 Å². The molecule has 2 aliphatic rings. The Balaban J connectivity index is 1.52. The number of carbonyl (C=O) groups is 1. The third-order valence-electron chi connectivity index (χ3n) is 5.67. The highest BCUT2D eigenvalue weighted by Gasteiger charge is 2.37. The van der Waals surface area contributed by atoms with Gasteiger partial charge in [-0.15, -0.1) is 0 Å². The summed E-state index contributed by atoms with van der Waals surface area (Å²) in [5.74, 6) is 0.173. The van der Waals surface area contributed by atoms with Gasteiger partial charge in [-0.1, -0.05) is 24.6 Å². The molecule has 0 aliphatic carbocycles. The average Bonchev–Trinajstić information content (AvgIpc) is 2.98. The number of rotatable bonds is 4. The van der Waals surface area contributed by atoms with Crippen LogP contribution in [0.5, 0.6) is 0 Å². The van der Waals surface area contributed by atoms with Gasteiger partial charge < -0.3 is 10.0 Å². The van der Waals surface area contributed by atoms with Crippen molar-refractivity contribution in [3.8, 4) is 0 Å². The maximum absolute atomic E-state index is 12.5. The van der Waals surface area contributed by atoms with Gasteiger partial charge in [0.25, 0.3) is 0 Å². The summed E-state index contributed by atoms with van der Waals surface area (Å²) < 4.78 is 0. The van der Waals surface area contributed by atoms with Crippen molar-refractivity contribution in [1.82, 2.24) is 9.80 Å². The lowest BCUT2D eigenvalue weighted by atomic mass is 10.0. The van der Waals surface area contributed by atoms with Gasteiger partial charge in [-0.25, -0.2) is 0 Å². The molecule has 4 nitrogen and oxygen atoms in total. The minimum absolute atomic E-state index is 0.135. The summed E-state index contributed by atoms with van der Waals surface area (Å²) in [7, 11) is 0. The van der Waals surface area contributed by atoms with E-state index < -0.39 is 6.10 Å². The second-order valence-corrected chi connectivity index (χ2v) is 7.45. The Morgan fingerprint density at radius 3 is 2.58 bits per heavy atom. The molecule has 0 bridgehead atoms. The molecule has 1 aromatic rings. The molecular formula is C20H30N2O2. The van der Waals surface area contributed by atoms with Gasteiger partial charge in [-0.2, -0.15) is 0 Å². The van der Waals surface area contributed by atoms with Crippen LogP contribution in [0.25, 0.3) is 0 Å². The van der Waals surface area contributed by atoms with E-state index in [0.717, 1.165) is 19.5 Å². The lowest BCUT2D eigenvalue weighted by Gasteiger charge is -2.33. The predicted octanol–water partition coefficient (Wildman–Crippen LogP) is 2.29. The summed E-state index contributed by atoms with van der Waals surface area (Å²) in [5.41, 5.74) is 3.79. The van der Waals surface area contributed by atoms with Crippen molar-refractivity contribution in [2.24, 2.45) is 0 Å². The average molecular weight is 330 g/mol. The summed E-state index contributed by atoms with van der Waals surface area (Å²) in [6, 6.07) is 6.56. The molecule has 0 saturated carbocycles. The first kappa shape index (κ1) is 17.4. The molecular weight excluding hydrogens is 300 g/mol. The van der Waals surface area contributed by atoms with Crippen LogP contribution in [-0.2, 0) is 11.2 Å². The predicted molar refractivity (Wildman–Crippen MR) is 96.0 cm³/mol. The van der Waals surface area contributed by atoms with Crippen molar-refractivity contribution in [1.29, 1.82) is 0 Å². The van der Waals surface area contributed by atoms with Crippen molar-refractivity contribution >= 4 is 5.91 Å². The van der Waals surface area contributed by atoms with E-state index >= 15 is 0 Å². The molecule has 2 aliphatic heterocycles. The molecule has 2 atom stereocenters. The molecule has 1 aromatic carbocycles. The Kier molecular flexibility index (Phi) is 5.57. The molecule has 3 rings (SSSR count). The summed E-state index contributed by atoms with van der Waals surface area (Å²) in [6.07, 6.45) is 4.63. The number of aliphatic hydroxyl groups is 1. The van der Waals surface area contributed by atoms with Gasteiger partial charge in [-0.3, -0.25) is 9.69 Å². The first-order chi connectivity index (χ1) is 11.5. The maximum atomic E-state index is 12.5. The number of hydrogen-bond acceptors (Lipinski definition) is 3. The second kappa shape index (κ2) is 7.66. The molecule has 2 heterocycles. The zero-order valence-corrected chi connectivity index (χ0v) is 15.0. The Hall–Kier alpha value is -1.39. The molecule has 0 radical (unpaired) electrons. The van der Waals surface area contributed by atoms with Crippen molar-refractivity contribution in [2.45, 2.75) is 58.1 Å². The van der Waals surface area contributed by atoms with Crippen LogP contribution in [0.15, 0.2) is 18.2 Å². The normalized spacial score (nSPS) is 25.2. The number of β-amino-alcohol motifs (C(OH)–C–C–N with tert-alkyl or cyclic N) is 1. The summed E-state index contributed by atoms with van der Waals surface area (Å²) in [6.45, 7) is 7.52. The van der Waals surface area contributed by atoms with Crippen LogP contribution in [-0.4, -0.2) is 59.1 Å². The number of hydrogen-bond donors (Lipinski definition) is 1. The van der Waals surface area contributed by atoms with Crippen molar-refractivity contribution in [3.63, 3.8) is 0 Å². The van der Waals surface area contributed by atoms with Gasteiger partial charge in [0, 0.05) is 19.5 Å². The van der Waals surface area contributed by atoms with Crippen LogP contribution in [0.3, 0.4) is 0 Å². The highest BCUT2D eigenvalue weighted by molar-refractivity contribution is 5.77. The molecule has 0 unspecified atom stereocenters. The molecule has 24 heavy (non-hydrogen) atoms. The number of piperidine rings is 1. The summed E-state index contributed by atoms with van der Waals surface area (Å²) in [5, 5.41) is 10.4. The monoisotopic (exact) mass is 330 g/mol. The Morgan fingerprint density at radius 1 is 1.12 bits per heavy atom. The number of amides is 1. The number of aryl methyl sites for hydroxylation is 3. The minimum atomic E-state index is -0.395. The van der Waals surface area contributed by atoms with Gasteiger partial charge in [-0.05, 0) is 62.9 Å². The molecule has 2 fully saturated rings. The molecule has 4 heteroatoms. The van der Waals surface area contributed by atoms with Gasteiger partial charge in [0.2, 0.25) is 5.91 Å². The fraction of sp³-hybridized carbons (Fsp3) is 0.650. The van der Waals surface area contributed by atoms with Crippen LogP contribution in [0.2, 0.25) is 0 Å². The quantitative estimate of drug-likeness (QED) is 0.921. The molecule has 132 valence electrons. The van der Waals surface area contributed by atoms with Gasteiger partial charge in [0.05, 0.1) is 12.1 Å². The van der Waals surface area contributed by atoms with Crippen molar-refractivity contribution in [2.75, 3.05) is 26.2 Å². The molecule has 0 spiro atoms. The Morgan fingerprint density at radius 2 is 1.88 bits per heavy atom. The zero-order chi connectivity index (χ0) is 17.1. The third kappa shape index (κ3) is 3.98. The first-order valence-corrected chi connectivity index (χ1v) is 9.30. The molecule has 1 N–H and O–H groups in total. The van der Waals surface area contributed by atoms with Crippen LogP contribution < -0.4 is 0 Å². The smallest absolute Gasteiger partial charge is 0.223 e. The van der Waals surface area contributed by atoms with Crippen LogP contribution in [0, 0.1) is 13.8 Å². The minimum Gasteiger partial charge on any atom is -0.390 e. The lowest BCUT2D eigenvalue weighted by molar-refractivity contribution is -0.130. The number of carbonyl (C=O) groups excluding carboxylic acids is 1. The SMILES string of the molecule is Cc1ccc(CCC(=O)N2C[C@H](O)[C@@H](N3CCCCC3)C2)cc1C. The van der Waals surface area contributed by atoms with E-state index in [0.29, 0.717) is 19.5 Å². The highest BCUT2D eigenvalue weighted by atomic mass is 16.3. The molecule has 2 saturated heterocycles. The third-order valence-corrected chi connectivity index (χ3v) is 5.67. The summed E-state index contributed by atoms with van der Waals surface area (Å²) >= 11 is 0. The number of likely N-dealkylation sites (tertiary alicyclic amines) is 2. The number of nitrogens with zero attached hydrogens (tertiary/aromatic N) is 2. The Labute approximate surface area is 145 Å². The van der Waals surface area contributed by atoms with Crippen LogP contribution in [0.4, 0.5) is 0 Å². The van der Waals surface area contributed by atoms with E-state index in [4.69, 9.17) is 0 Å². The van der Waals surface area contributed by atoms with E-state index in [1.54, 1.807) is 0 Å². The Bertz CT molecular complexity index is 581. The van der Waals surface area contributed by atoms with E-state index in [1.165, 1.54) is 36.0 Å². The van der Waals surface area contributed by atoms with E-state index in [2.05, 4.69) is 36.9 Å². The zero-order valence-electron chi connectivity index (χ0n) is 15.0. The van der Waals surface area contributed by atoms with E-state index in [1.807, 2.05) is 4.90 Å². The number of aliphatic hydroxyl groups excluding tert-OH is 1. The number of benzene rings is 1. The topological polar surface area (TPSA) is 43.8 Å². The van der Waals surface area contributed by atoms with E-state index in [-0.39, 0.29) is 11.9 Å². The molecule has 0 aromatic heterocycles. The fourth-order valence-electron chi connectivity index (χ4n) is 3.95. The van der Waals surface area contributed by atoms with Crippen LogP contribution >= 0.6 is 0 Å². The van der Waals surface area contributed by atoms with Gasteiger partial charge in [0.15, 0.2) is 0 Å². The second-order valence-electron chi connectivity index (χ2n) is 7.45.